The minimum absolute atomic E-state index is 0.0850. The number of hydrogen-bond acceptors (Lipinski definition) is 3. The minimum atomic E-state index is -1.13. The topological polar surface area (TPSA) is 74.6 Å². The molecule has 2 N–H and O–H groups in total. The molecule has 0 bridgehead atoms. The normalized spacial score (nSPS) is 25.4. The van der Waals surface area contributed by atoms with Crippen molar-refractivity contribution in [3.63, 3.8) is 0 Å². The van der Waals surface area contributed by atoms with Crippen LogP contribution in [0.4, 0.5) is 0 Å². The Balaban J connectivity index is 2.84. The molecule has 0 aromatic rings. The molecule has 1 aliphatic rings. The van der Waals surface area contributed by atoms with Crippen LogP contribution in [0, 0.1) is 23.7 Å². The Labute approximate surface area is 133 Å². The first-order valence-electron chi connectivity index (χ1n) is 8.43. The fourth-order valence-corrected chi connectivity index (χ4v) is 3.35. The lowest BCUT2D eigenvalue weighted by Crippen LogP contribution is -2.24. The Morgan fingerprint density at radius 1 is 1.23 bits per heavy atom. The maximum Gasteiger partial charge on any atom is 0.310 e. The van der Waals surface area contributed by atoms with Crippen molar-refractivity contribution >= 4 is 11.8 Å². The molecular formula is C18H30O4. The molecule has 0 amide bonds. The number of carboxylic acids is 1. The van der Waals surface area contributed by atoms with E-state index in [0.29, 0.717) is 23.7 Å². The van der Waals surface area contributed by atoms with Crippen LogP contribution in [0.15, 0.2) is 11.6 Å². The second-order valence-corrected chi connectivity index (χ2v) is 6.77. The predicted octanol–water partition coefficient (Wildman–Crippen LogP) is 3.44. The van der Waals surface area contributed by atoms with Gasteiger partial charge in [0.25, 0.3) is 0 Å². The molecule has 1 aliphatic carbocycles. The van der Waals surface area contributed by atoms with Gasteiger partial charge in [0.05, 0.1) is 6.10 Å². The monoisotopic (exact) mass is 310 g/mol. The summed E-state index contributed by atoms with van der Waals surface area (Å²) in [5.74, 6) is 0.236. The summed E-state index contributed by atoms with van der Waals surface area (Å²) >= 11 is 0. The zero-order chi connectivity index (χ0) is 16.9. The molecule has 4 heteroatoms. The van der Waals surface area contributed by atoms with Gasteiger partial charge < -0.3 is 10.2 Å². The number of allylic oxidation sites excluding steroid dienone is 1. The molecule has 5 unspecified atom stereocenters. The van der Waals surface area contributed by atoms with Gasteiger partial charge in [0.1, 0.15) is 12.2 Å². The summed E-state index contributed by atoms with van der Waals surface area (Å²) in [6.07, 6.45) is 3.89. The SMILES string of the molecule is CCC(C)C1C=C(C(O)CC(=O)CC(=O)O)C(C(C)CC)C1. The van der Waals surface area contributed by atoms with Crippen molar-refractivity contribution in [3.8, 4) is 0 Å². The largest absolute Gasteiger partial charge is 0.481 e. The number of carbonyl (C=O) groups is 2. The second-order valence-electron chi connectivity index (χ2n) is 6.77. The smallest absolute Gasteiger partial charge is 0.310 e. The summed E-state index contributed by atoms with van der Waals surface area (Å²) in [6, 6.07) is 0. The molecule has 22 heavy (non-hydrogen) atoms. The van der Waals surface area contributed by atoms with Crippen LogP contribution in [0.25, 0.3) is 0 Å². The molecule has 0 aromatic heterocycles. The van der Waals surface area contributed by atoms with Gasteiger partial charge in [-0.25, -0.2) is 0 Å². The Morgan fingerprint density at radius 3 is 2.32 bits per heavy atom. The van der Waals surface area contributed by atoms with E-state index in [-0.39, 0.29) is 6.42 Å². The number of carboxylic acid groups (broad SMARTS) is 1. The highest BCUT2D eigenvalue weighted by Crippen LogP contribution is 2.42. The molecule has 0 aromatic carbocycles. The lowest BCUT2D eigenvalue weighted by atomic mass is 9.81. The van der Waals surface area contributed by atoms with Gasteiger partial charge in [0.2, 0.25) is 0 Å². The molecule has 0 heterocycles. The van der Waals surface area contributed by atoms with Crippen LogP contribution in [-0.2, 0) is 9.59 Å². The van der Waals surface area contributed by atoms with Crippen LogP contribution in [0.5, 0.6) is 0 Å². The van der Waals surface area contributed by atoms with Crippen molar-refractivity contribution in [2.45, 2.75) is 65.9 Å². The molecule has 0 saturated carbocycles. The quantitative estimate of drug-likeness (QED) is 0.505. The van der Waals surface area contributed by atoms with Gasteiger partial charge in [0, 0.05) is 6.42 Å². The Hall–Kier alpha value is -1.16. The number of carbonyl (C=O) groups excluding carboxylic acids is 1. The first-order valence-corrected chi connectivity index (χ1v) is 8.43. The number of aliphatic hydroxyl groups is 1. The third-order valence-electron chi connectivity index (χ3n) is 5.22. The van der Waals surface area contributed by atoms with Crippen LogP contribution in [-0.4, -0.2) is 28.1 Å². The fraction of sp³-hybridized carbons (Fsp3) is 0.778. The number of ketones is 1. The maximum atomic E-state index is 11.7. The van der Waals surface area contributed by atoms with E-state index in [4.69, 9.17) is 5.11 Å². The number of aliphatic hydroxyl groups excluding tert-OH is 1. The van der Waals surface area contributed by atoms with Crippen molar-refractivity contribution < 1.29 is 19.8 Å². The summed E-state index contributed by atoms with van der Waals surface area (Å²) in [5, 5.41) is 19.1. The Bertz CT molecular complexity index is 427. The summed E-state index contributed by atoms with van der Waals surface area (Å²) < 4.78 is 0. The average molecular weight is 310 g/mol. The first-order chi connectivity index (χ1) is 10.3. The number of aliphatic carboxylic acids is 1. The molecule has 0 saturated heterocycles. The Morgan fingerprint density at radius 2 is 1.82 bits per heavy atom. The number of Topliss-reactive ketones (excluding diaryl/α,β-unsaturated/α-hetero) is 1. The zero-order valence-electron chi connectivity index (χ0n) is 14.2. The van der Waals surface area contributed by atoms with E-state index in [9.17, 15) is 14.7 Å². The van der Waals surface area contributed by atoms with Crippen LogP contribution < -0.4 is 0 Å². The minimum Gasteiger partial charge on any atom is -0.481 e. The van der Waals surface area contributed by atoms with Crippen LogP contribution >= 0.6 is 0 Å². The highest BCUT2D eigenvalue weighted by molar-refractivity contribution is 5.95. The summed E-state index contributed by atoms with van der Waals surface area (Å²) in [7, 11) is 0. The van der Waals surface area contributed by atoms with E-state index in [1.165, 1.54) is 0 Å². The van der Waals surface area contributed by atoms with Crippen LogP contribution in [0.3, 0.4) is 0 Å². The fourth-order valence-electron chi connectivity index (χ4n) is 3.35. The van der Waals surface area contributed by atoms with Gasteiger partial charge in [-0.05, 0) is 35.7 Å². The van der Waals surface area contributed by atoms with Gasteiger partial charge in [-0.2, -0.15) is 0 Å². The molecule has 1 rings (SSSR count). The van der Waals surface area contributed by atoms with E-state index in [1.54, 1.807) is 0 Å². The predicted molar refractivity (Wildman–Crippen MR) is 86.5 cm³/mol. The molecule has 0 fully saturated rings. The standard InChI is InChI=1S/C18H30O4/c1-5-11(3)13-7-15(12(4)6-2)16(8-13)17(20)9-14(19)10-18(21)22/h8,11-13,15,17,20H,5-7,9-10H2,1-4H3,(H,21,22). The van der Waals surface area contributed by atoms with Crippen molar-refractivity contribution in [2.24, 2.45) is 23.7 Å². The summed E-state index contributed by atoms with van der Waals surface area (Å²) in [6.45, 7) is 8.71. The number of rotatable bonds is 9. The molecule has 4 nitrogen and oxygen atoms in total. The average Bonchev–Trinajstić information content (AvgIpc) is 2.89. The Kier molecular flexibility index (Phi) is 7.27. The zero-order valence-corrected chi connectivity index (χ0v) is 14.2. The lowest BCUT2D eigenvalue weighted by Gasteiger charge is -2.25. The van der Waals surface area contributed by atoms with Crippen molar-refractivity contribution in [3.05, 3.63) is 11.6 Å². The van der Waals surface area contributed by atoms with Gasteiger partial charge in [0.15, 0.2) is 0 Å². The van der Waals surface area contributed by atoms with Crippen molar-refractivity contribution in [2.75, 3.05) is 0 Å². The maximum absolute atomic E-state index is 11.7. The number of hydrogen-bond donors (Lipinski definition) is 2. The van der Waals surface area contributed by atoms with Crippen molar-refractivity contribution in [1.29, 1.82) is 0 Å². The van der Waals surface area contributed by atoms with Gasteiger partial charge in [-0.15, -0.1) is 0 Å². The first kappa shape index (κ1) is 18.9. The van der Waals surface area contributed by atoms with Crippen LogP contribution in [0.1, 0.15) is 59.8 Å². The second kappa shape index (κ2) is 8.47. The molecule has 0 spiro atoms. The summed E-state index contributed by atoms with van der Waals surface area (Å²) in [4.78, 5) is 22.3. The third-order valence-corrected chi connectivity index (χ3v) is 5.22. The molecule has 5 atom stereocenters. The molecule has 0 aliphatic heterocycles. The van der Waals surface area contributed by atoms with Gasteiger partial charge in [-0.1, -0.05) is 46.6 Å². The van der Waals surface area contributed by atoms with E-state index < -0.39 is 24.3 Å². The summed E-state index contributed by atoms with van der Waals surface area (Å²) in [5.41, 5.74) is 0.957. The van der Waals surface area contributed by atoms with Gasteiger partial charge >= 0.3 is 5.97 Å². The van der Waals surface area contributed by atoms with Crippen LogP contribution in [0.2, 0.25) is 0 Å². The molecular weight excluding hydrogens is 280 g/mol. The van der Waals surface area contributed by atoms with Gasteiger partial charge in [-0.3, -0.25) is 9.59 Å². The lowest BCUT2D eigenvalue weighted by molar-refractivity contribution is -0.140. The molecule has 0 radical (unpaired) electrons. The highest BCUT2D eigenvalue weighted by atomic mass is 16.4. The van der Waals surface area contributed by atoms with Crippen molar-refractivity contribution in [1.82, 2.24) is 0 Å². The third kappa shape index (κ3) is 4.94. The molecule has 126 valence electrons. The van der Waals surface area contributed by atoms with E-state index >= 15 is 0 Å². The van der Waals surface area contributed by atoms with E-state index in [2.05, 4.69) is 33.8 Å². The van der Waals surface area contributed by atoms with E-state index in [1.807, 2.05) is 0 Å². The highest BCUT2D eigenvalue weighted by Gasteiger charge is 2.35. The van der Waals surface area contributed by atoms with E-state index in [0.717, 1.165) is 24.8 Å².